The van der Waals surface area contributed by atoms with Crippen LogP contribution < -0.4 is 0 Å². The summed E-state index contributed by atoms with van der Waals surface area (Å²) in [5.41, 5.74) is 2.82. The first-order valence-corrected chi connectivity index (χ1v) is 6.54. The summed E-state index contributed by atoms with van der Waals surface area (Å²) < 4.78 is 12.3. The van der Waals surface area contributed by atoms with Crippen LogP contribution in [0.2, 0.25) is 0 Å². The van der Waals surface area contributed by atoms with Gasteiger partial charge in [0.2, 0.25) is 0 Å². The average Bonchev–Trinajstić information content (AvgIpc) is 2.88. The lowest BCUT2D eigenvalue weighted by Gasteiger charge is -2.20. The van der Waals surface area contributed by atoms with Gasteiger partial charge in [-0.05, 0) is 50.2 Å². The van der Waals surface area contributed by atoms with Crippen molar-refractivity contribution in [2.75, 3.05) is 0 Å². The number of hydrogen-bond acceptors (Lipinski definition) is 2. The minimum atomic E-state index is -0.281. The van der Waals surface area contributed by atoms with Crippen LogP contribution in [0, 0.1) is 0 Å². The van der Waals surface area contributed by atoms with Crippen molar-refractivity contribution in [3.63, 3.8) is 0 Å². The molecule has 0 aromatic rings. The Bertz CT molecular complexity index is 370. The molecule has 16 heavy (non-hydrogen) atoms. The van der Waals surface area contributed by atoms with Gasteiger partial charge >= 0.3 is 0 Å². The minimum Gasteiger partial charge on any atom is -0.449 e. The lowest BCUT2D eigenvalue weighted by atomic mass is 9.95. The third-order valence-corrected chi connectivity index (χ3v) is 4.09. The van der Waals surface area contributed by atoms with Gasteiger partial charge in [0.1, 0.15) is 0 Å². The molecule has 3 rings (SSSR count). The van der Waals surface area contributed by atoms with Crippen molar-refractivity contribution in [2.45, 2.75) is 64.6 Å². The van der Waals surface area contributed by atoms with Gasteiger partial charge in [-0.25, -0.2) is 0 Å². The summed E-state index contributed by atoms with van der Waals surface area (Å²) in [5, 5.41) is 0. The van der Waals surface area contributed by atoms with Crippen LogP contribution in [0.4, 0.5) is 0 Å². The van der Waals surface area contributed by atoms with E-state index in [9.17, 15) is 0 Å². The lowest BCUT2D eigenvalue weighted by molar-refractivity contribution is -0.130. The zero-order valence-corrected chi connectivity index (χ0v) is 10.3. The van der Waals surface area contributed by atoms with Crippen LogP contribution in [0.3, 0.4) is 0 Å². The highest BCUT2D eigenvalue weighted by molar-refractivity contribution is 5.37. The Kier molecular flexibility index (Phi) is 2.27. The van der Waals surface area contributed by atoms with E-state index >= 15 is 0 Å². The molecule has 2 fully saturated rings. The Labute approximate surface area is 97.3 Å². The monoisotopic (exact) mass is 220 g/mol. The van der Waals surface area contributed by atoms with Crippen molar-refractivity contribution in [3.05, 3.63) is 22.7 Å². The van der Waals surface area contributed by atoms with Crippen molar-refractivity contribution < 1.29 is 9.47 Å². The van der Waals surface area contributed by atoms with E-state index in [1.165, 1.54) is 24.0 Å². The van der Waals surface area contributed by atoms with Crippen molar-refractivity contribution in [2.24, 2.45) is 0 Å². The highest BCUT2D eigenvalue weighted by atomic mass is 16.7. The fourth-order valence-electron chi connectivity index (χ4n) is 3.02. The fraction of sp³-hybridized carbons (Fsp3) is 0.714. The van der Waals surface area contributed by atoms with E-state index in [0.29, 0.717) is 0 Å². The summed E-state index contributed by atoms with van der Waals surface area (Å²) in [5.74, 6) is 1.88. The fourth-order valence-corrected chi connectivity index (χ4v) is 3.02. The van der Waals surface area contributed by atoms with Crippen molar-refractivity contribution in [3.8, 4) is 0 Å². The normalized spacial score (nSPS) is 27.1. The second-order valence-corrected chi connectivity index (χ2v) is 5.22. The van der Waals surface area contributed by atoms with Gasteiger partial charge in [-0.2, -0.15) is 0 Å². The maximum atomic E-state index is 6.19. The Hall–Kier alpha value is -0.920. The lowest BCUT2D eigenvalue weighted by Crippen LogP contribution is -2.24. The SMILES string of the molecule is CCC1=C2OC3(CCCC3)OC2=C(C)CC1. The largest absolute Gasteiger partial charge is 0.449 e. The first-order chi connectivity index (χ1) is 7.74. The summed E-state index contributed by atoms with van der Waals surface area (Å²) in [6, 6.07) is 0. The van der Waals surface area contributed by atoms with E-state index in [-0.39, 0.29) is 5.79 Å². The summed E-state index contributed by atoms with van der Waals surface area (Å²) in [6.07, 6.45) is 7.98. The summed E-state index contributed by atoms with van der Waals surface area (Å²) in [7, 11) is 0. The minimum absolute atomic E-state index is 0.281. The molecule has 1 heterocycles. The summed E-state index contributed by atoms with van der Waals surface area (Å²) >= 11 is 0. The zero-order chi connectivity index (χ0) is 11.2. The number of fused-ring (bicyclic) bond motifs is 1. The molecular formula is C14H20O2. The van der Waals surface area contributed by atoms with Gasteiger partial charge in [0.25, 0.3) is 5.79 Å². The Morgan fingerprint density at radius 2 is 1.75 bits per heavy atom. The van der Waals surface area contributed by atoms with E-state index in [1.807, 2.05) is 0 Å². The van der Waals surface area contributed by atoms with Gasteiger partial charge in [-0.15, -0.1) is 0 Å². The van der Waals surface area contributed by atoms with E-state index in [4.69, 9.17) is 9.47 Å². The number of rotatable bonds is 1. The topological polar surface area (TPSA) is 18.5 Å². The molecule has 0 aromatic heterocycles. The van der Waals surface area contributed by atoms with Crippen LogP contribution in [0.15, 0.2) is 22.7 Å². The first-order valence-electron chi connectivity index (χ1n) is 6.54. The maximum Gasteiger partial charge on any atom is 0.251 e. The van der Waals surface area contributed by atoms with Crippen molar-refractivity contribution >= 4 is 0 Å². The van der Waals surface area contributed by atoms with Crippen LogP contribution in [-0.4, -0.2) is 5.79 Å². The summed E-state index contributed by atoms with van der Waals surface area (Å²) in [4.78, 5) is 0. The molecular weight excluding hydrogens is 200 g/mol. The van der Waals surface area contributed by atoms with Gasteiger partial charge in [-0.3, -0.25) is 0 Å². The van der Waals surface area contributed by atoms with E-state index in [0.717, 1.165) is 43.6 Å². The highest BCUT2D eigenvalue weighted by Gasteiger charge is 2.47. The molecule has 0 aromatic carbocycles. The van der Waals surface area contributed by atoms with E-state index < -0.39 is 0 Å². The Morgan fingerprint density at radius 1 is 1.06 bits per heavy atom. The second kappa shape index (κ2) is 3.54. The molecule has 0 amide bonds. The molecule has 1 saturated carbocycles. The van der Waals surface area contributed by atoms with Crippen LogP contribution in [-0.2, 0) is 9.47 Å². The van der Waals surface area contributed by atoms with Crippen molar-refractivity contribution in [1.82, 2.24) is 0 Å². The molecule has 2 nitrogen and oxygen atoms in total. The molecule has 1 aliphatic heterocycles. The molecule has 88 valence electrons. The Balaban J connectivity index is 2.00. The average molecular weight is 220 g/mol. The molecule has 1 spiro atoms. The molecule has 0 atom stereocenters. The zero-order valence-electron chi connectivity index (χ0n) is 10.3. The van der Waals surface area contributed by atoms with Crippen LogP contribution >= 0.6 is 0 Å². The van der Waals surface area contributed by atoms with Crippen LogP contribution in [0.25, 0.3) is 0 Å². The molecule has 0 radical (unpaired) electrons. The predicted molar refractivity (Wildman–Crippen MR) is 62.6 cm³/mol. The van der Waals surface area contributed by atoms with Gasteiger partial charge in [0.05, 0.1) is 0 Å². The van der Waals surface area contributed by atoms with Gasteiger partial charge in [0, 0.05) is 12.8 Å². The molecule has 3 aliphatic rings. The van der Waals surface area contributed by atoms with Gasteiger partial charge in [-0.1, -0.05) is 6.92 Å². The molecule has 2 aliphatic carbocycles. The smallest absolute Gasteiger partial charge is 0.251 e. The molecule has 0 bridgehead atoms. The molecule has 2 heteroatoms. The first kappa shape index (κ1) is 10.2. The number of hydrogen-bond donors (Lipinski definition) is 0. The van der Waals surface area contributed by atoms with E-state index in [1.54, 1.807) is 0 Å². The van der Waals surface area contributed by atoms with Crippen molar-refractivity contribution in [1.29, 1.82) is 0 Å². The third kappa shape index (κ3) is 1.39. The maximum absolute atomic E-state index is 6.19. The van der Waals surface area contributed by atoms with E-state index in [2.05, 4.69) is 13.8 Å². The van der Waals surface area contributed by atoms with Gasteiger partial charge in [0.15, 0.2) is 11.5 Å². The number of allylic oxidation sites excluding steroid dienone is 2. The second-order valence-electron chi connectivity index (χ2n) is 5.22. The molecule has 0 unspecified atom stereocenters. The number of ether oxygens (including phenoxy) is 2. The van der Waals surface area contributed by atoms with Gasteiger partial charge < -0.3 is 9.47 Å². The molecule has 1 saturated heterocycles. The standard InChI is InChI=1S/C14H20O2/c1-3-11-7-6-10(2)12-13(11)16-14(15-12)8-4-5-9-14/h3-9H2,1-2H3. The molecule has 0 N–H and O–H groups in total. The van der Waals surface area contributed by atoms with Crippen LogP contribution in [0.5, 0.6) is 0 Å². The Morgan fingerprint density at radius 3 is 2.44 bits per heavy atom. The quantitative estimate of drug-likeness (QED) is 0.664. The summed E-state index contributed by atoms with van der Waals surface area (Å²) in [6.45, 7) is 4.39. The predicted octanol–water partition coefficient (Wildman–Crippen LogP) is 4.04. The third-order valence-electron chi connectivity index (χ3n) is 4.09. The highest BCUT2D eigenvalue weighted by Crippen LogP contribution is 2.49. The van der Waals surface area contributed by atoms with Crippen LogP contribution in [0.1, 0.15) is 58.8 Å².